The van der Waals surface area contributed by atoms with Crippen molar-refractivity contribution in [1.82, 2.24) is 10.6 Å². The van der Waals surface area contributed by atoms with Gasteiger partial charge in [0.1, 0.15) is 11.4 Å². The molecule has 4 saturated carbocycles. The lowest BCUT2D eigenvalue weighted by Gasteiger charge is -2.34. The fourth-order valence-corrected chi connectivity index (χ4v) is 11.9. The zero-order chi connectivity index (χ0) is 43.5. The quantitative estimate of drug-likeness (QED) is 0.107. The molecule has 8 rings (SSSR count). The Balaban J connectivity index is 1.000. The van der Waals surface area contributed by atoms with E-state index in [1.165, 1.54) is 11.1 Å². The Bertz CT molecular complexity index is 2100. The number of amides is 1. The van der Waals surface area contributed by atoms with Crippen molar-refractivity contribution in [2.45, 2.75) is 142 Å². The molecule has 1 aromatic carbocycles. The summed E-state index contributed by atoms with van der Waals surface area (Å²) in [6.07, 6.45) is 15.2. The molecule has 0 aromatic heterocycles. The Kier molecular flexibility index (Phi) is 11.9. The minimum absolute atomic E-state index is 0.0538. The summed E-state index contributed by atoms with van der Waals surface area (Å²) in [5.74, 6) is -2.81. The molecule has 1 aromatic rings. The Morgan fingerprint density at radius 1 is 1.02 bits per heavy atom. The van der Waals surface area contributed by atoms with Crippen LogP contribution in [0.15, 0.2) is 83.3 Å². The van der Waals surface area contributed by atoms with Gasteiger partial charge in [-0.15, -0.1) is 0 Å². The second kappa shape index (κ2) is 16.7. The molecule has 9 unspecified atom stereocenters. The van der Waals surface area contributed by atoms with Crippen molar-refractivity contribution in [3.63, 3.8) is 0 Å². The van der Waals surface area contributed by atoms with E-state index in [4.69, 9.17) is 4.74 Å². The highest BCUT2D eigenvalue weighted by molar-refractivity contribution is 6.05. The molecule has 3 N–H and O–H groups in total. The molecule has 9 heteroatoms. The molecule has 61 heavy (non-hydrogen) atoms. The van der Waals surface area contributed by atoms with Crippen molar-refractivity contribution in [2.24, 2.45) is 53.3 Å². The van der Waals surface area contributed by atoms with E-state index in [0.717, 1.165) is 55.2 Å². The van der Waals surface area contributed by atoms with Gasteiger partial charge >= 0.3 is 0 Å². The van der Waals surface area contributed by atoms with Gasteiger partial charge in [-0.05, 0) is 152 Å². The molecule has 7 aliphatic carbocycles. The number of Topliss-reactive ketones (excluding diaryl/α,β-unsaturated/α-hetero) is 3. The number of rotatable bonds is 17. The molecule has 10 atom stereocenters. The van der Waals surface area contributed by atoms with E-state index in [2.05, 4.69) is 35.4 Å². The predicted octanol–water partition coefficient (Wildman–Crippen LogP) is 7.82. The number of benzene rings is 1. The standard InChI is InChI=1S/C52H66N2O7/c1-28(2)21-43(56)38(31-13-9-8-10-14-31)26-37(55)22-29(3)44-39-25-34(39)17-20-42(49(44)58)54-50(59)45-40(27-41-46(45)52(41,60)36-18-19-36)48(57)47(53-30(4)61-51(5,6)7)35-23-32-15-11-12-16-33(32)24-35/h8-9,11-13,15-16,21,29,34-36,38,40-42,45-47,53,60H,4,10,14,17-20,22-27H2,1-3,5-7H3,(H,54,59)/t29-,34?,38?,40?,41?,42?,45?,46?,47?,52?/m0/s1. The van der Waals surface area contributed by atoms with Crippen LogP contribution in [0.3, 0.4) is 0 Å². The molecule has 0 bridgehead atoms. The van der Waals surface area contributed by atoms with Crippen LogP contribution >= 0.6 is 0 Å². The molecule has 0 saturated heterocycles. The lowest BCUT2D eigenvalue weighted by Crippen LogP contribution is -2.52. The maximum Gasteiger partial charge on any atom is 0.224 e. The third kappa shape index (κ3) is 8.96. The number of aliphatic hydroxyl groups is 1. The third-order valence-electron chi connectivity index (χ3n) is 14.9. The van der Waals surface area contributed by atoms with Crippen molar-refractivity contribution in [1.29, 1.82) is 0 Å². The van der Waals surface area contributed by atoms with E-state index in [1.54, 1.807) is 6.08 Å². The van der Waals surface area contributed by atoms with Crippen LogP contribution in [0, 0.1) is 53.3 Å². The second-order valence-corrected chi connectivity index (χ2v) is 20.8. The van der Waals surface area contributed by atoms with Crippen LogP contribution in [-0.4, -0.2) is 57.4 Å². The van der Waals surface area contributed by atoms with Crippen LogP contribution in [-0.2, 0) is 41.6 Å². The third-order valence-corrected chi connectivity index (χ3v) is 14.9. The lowest BCUT2D eigenvalue weighted by molar-refractivity contribution is -0.138. The van der Waals surface area contributed by atoms with Crippen LogP contribution in [0.2, 0.25) is 0 Å². The first kappa shape index (κ1) is 43.3. The van der Waals surface area contributed by atoms with E-state index in [-0.39, 0.29) is 77.4 Å². The number of carbonyl (C=O) groups is 5. The highest BCUT2D eigenvalue weighted by Crippen LogP contribution is 2.72. The summed E-state index contributed by atoms with van der Waals surface area (Å²) in [7, 11) is 0. The molecule has 7 aliphatic rings. The van der Waals surface area contributed by atoms with E-state index >= 15 is 4.79 Å². The second-order valence-electron chi connectivity index (χ2n) is 20.8. The average molecular weight is 831 g/mol. The summed E-state index contributed by atoms with van der Waals surface area (Å²) in [6, 6.07) is 6.82. The van der Waals surface area contributed by atoms with Crippen molar-refractivity contribution in [3.05, 3.63) is 94.5 Å². The molecular formula is C52H66N2O7. The van der Waals surface area contributed by atoms with E-state index in [9.17, 15) is 24.3 Å². The minimum atomic E-state index is -0.962. The summed E-state index contributed by atoms with van der Waals surface area (Å²) in [5.41, 5.74) is 4.52. The highest BCUT2D eigenvalue weighted by Gasteiger charge is 2.78. The summed E-state index contributed by atoms with van der Waals surface area (Å²) in [5, 5.41) is 18.5. The predicted molar refractivity (Wildman–Crippen MR) is 235 cm³/mol. The van der Waals surface area contributed by atoms with Gasteiger partial charge in [0.2, 0.25) is 5.91 Å². The number of hydrogen-bond donors (Lipinski definition) is 3. The van der Waals surface area contributed by atoms with Crippen LogP contribution < -0.4 is 10.6 Å². The minimum Gasteiger partial charge on any atom is -0.474 e. The van der Waals surface area contributed by atoms with Gasteiger partial charge in [0.25, 0.3) is 0 Å². The Hall–Kier alpha value is -4.37. The van der Waals surface area contributed by atoms with Crippen molar-refractivity contribution < 1.29 is 33.8 Å². The van der Waals surface area contributed by atoms with E-state index < -0.39 is 41.0 Å². The molecule has 0 aliphatic heterocycles. The molecule has 1 amide bonds. The van der Waals surface area contributed by atoms with Crippen LogP contribution in [0.4, 0.5) is 0 Å². The van der Waals surface area contributed by atoms with Gasteiger partial charge in [-0.1, -0.05) is 66.1 Å². The zero-order valence-corrected chi connectivity index (χ0v) is 37.1. The van der Waals surface area contributed by atoms with E-state index in [1.807, 2.05) is 65.8 Å². The van der Waals surface area contributed by atoms with Gasteiger partial charge in [0, 0.05) is 36.2 Å². The van der Waals surface area contributed by atoms with Gasteiger partial charge in [0.15, 0.2) is 23.2 Å². The molecule has 326 valence electrons. The van der Waals surface area contributed by atoms with Gasteiger partial charge in [0.05, 0.1) is 23.6 Å². The topological polar surface area (TPSA) is 139 Å². The molecular weight excluding hydrogens is 765 g/mol. The first-order chi connectivity index (χ1) is 28.9. The number of fused-ring (bicyclic) bond motifs is 3. The average Bonchev–Trinajstić information content (AvgIpc) is 4.15. The van der Waals surface area contributed by atoms with Crippen LogP contribution in [0.5, 0.6) is 0 Å². The zero-order valence-electron chi connectivity index (χ0n) is 37.1. The smallest absolute Gasteiger partial charge is 0.224 e. The fourth-order valence-electron chi connectivity index (χ4n) is 11.9. The normalized spacial score (nSPS) is 30.4. The van der Waals surface area contributed by atoms with Crippen molar-refractivity contribution in [3.8, 4) is 0 Å². The van der Waals surface area contributed by atoms with Crippen molar-refractivity contribution in [2.75, 3.05) is 0 Å². The van der Waals surface area contributed by atoms with Crippen LogP contribution in [0.1, 0.15) is 117 Å². The SMILES string of the molecule is C=C(NC(C(=O)C1CC2C(C1C(=O)NC1CCC3CC3=C([C@@H](C)CC(=O)CC(C(=O)C=C(C)C)C3=CC=CCC3)C1=O)C2(O)C1CC1)C1Cc2ccccc2C1)OC(C)(C)C. The Morgan fingerprint density at radius 2 is 1.72 bits per heavy atom. The van der Waals surface area contributed by atoms with Gasteiger partial charge in [-0.2, -0.15) is 0 Å². The number of carbonyl (C=O) groups excluding carboxylic acids is 5. The summed E-state index contributed by atoms with van der Waals surface area (Å²) in [6.45, 7) is 15.6. The fraction of sp³-hybridized carbons (Fsp3) is 0.596. The van der Waals surface area contributed by atoms with Gasteiger partial charge in [-0.3, -0.25) is 24.0 Å². The van der Waals surface area contributed by atoms with Gasteiger partial charge in [-0.25, -0.2) is 0 Å². The van der Waals surface area contributed by atoms with Crippen molar-refractivity contribution >= 4 is 29.0 Å². The number of ether oxygens (including phenoxy) is 1. The summed E-state index contributed by atoms with van der Waals surface area (Å²) < 4.78 is 6.09. The number of ketones is 4. The largest absolute Gasteiger partial charge is 0.474 e. The first-order valence-corrected chi connectivity index (χ1v) is 23.0. The molecule has 9 nitrogen and oxygen atoms in total. The first-order valence-electron chi connectivity index (χ1n) is 23.0. The molecule has 0 heterocycles. The number of allylic oxidation sites excluding steroid dienone is 7. The Morgan fingerprint density at radius 3 is 2.34 bits per heavy atom. The summed E-state index contributed by atoms with van der Waals surface area (Å²) in [4.78, 5) is 71.7. The maximum atomic E-state index is 15.1. The molecule has 0 radical (unpaired) electrons. The molecule has 0 spiro atoms. The summed E-state index contributed by atoms with van der Waals surface area (Å²) >= 11 is 0. The number of hydrogen-bond acceptors (Lipinski definition) is 8. The monoisotopic (exact) mass is 830 g/mol. The van der Waals surface area contributed by atoms with Gasteiger partial charge < -0.3 is 20.5 Å². The Labute approximate surface area is 362 Å². The maximum absolute atomic E-state index is 15.1. The van der Waals surface area contributed by atoms with Crippen LogP contribution in [0.25, 0.3) is 0 Å². The highest BCUT2D eigenvalue weighted by atomic mass is 16.5. The molecule has 4 fully saturated rings. The lowest BCUT2D eigenvalue weighted by atomic mass is 9.77. The number of nitrogens with one attached hydrogen (secondary N) is 2. The van der Waals surface area contributed by atoms with E-state index in [0.29, 0.717) is 37.1 Å².